The Bertz CT molecular complexity index is 1260. The Balaban J connectivity index is 1.61. The third kappa shape index (κ3) is 4.42. The number of anilines is 1. The molecule has 0 atom stereocenters. The molecule has 1 aromatic heterocycles. The fourth-order valence-corrected chi connectivity index (χ4v) is 3.52. The zero-order valence-electron chi connectivity index (χ0n) is 17.8. The van der Waals surface area contributed by atoms with Crippen LogP contribution in [0.3, 0.4) is 0 Å². The predicted octanol–water partition coefficient (Wildman–Crippen LogP) is 6.56. The molecule has 0 fully saturated rings. The van der Waals surface area contributed by atoms with Gasteiger partial charge in [-0.25, -0.2) is 4.98 Å². The highest BCUT2D eigenvalue weighted by molar-refractivity contribution is 6.34. The van der Waals surface area contributed by atoms with Crippen molar-refractivity contribution in [3.63, 3.8) is 0 Å². The number of halogens is 1. The normalized spacial score (nSPS) is 11.5. The van der Waals surface area contributed by atoms with Gasteiger partial charge in [-0.05, 0) is 75.2 Å². The molecule has 0 aliphatic carbocycles. The van der Waals surface area contributed by atoms with E-state index in [-0.39, 0.29) is 5.91 Å². The Labute approximate surface area is 186 Å². The lowest BCUT2D eigenvalue weighted by Gasteiger charge is -2.25. The van der Waals surface area contributed by atoms with Crippen LogP contribution in [0.5, 0.6) is 5.75 Å². The molecule has 3 aromatic carbocycles. The topological polar surface area (TPSA) is 64.4 Å². The quantitative estimate of drug-likeness (QED) is 0.386. The van der Waals surface area contributed by atoms with E-state index >= 15 is 0 Å². The number of aromatic nitrogens is 1. The van der Waals surface area contributed by atoms with Gasteiger partial charge in [0.2, 0.25) is 5.89 Å². The van der Waals surface area contributed by atoms with Crippen molar-refractivity contribution in [3.05, 3.63) is 76.8 Å². The minimum atomic E-state index is -1.10. The molecule has 0 unspecified atom stereocenters. The van der Waals surface area contributed by atoms with Crippen molar-refractivity contribution >= 4 is 34.3 Å². The highest BCUT2D eigenvalue weighted by Crippen LogP contribution is 2.32. The van der Waals surface area contributed by atoms with Gasteiger partial charge in [0.05, 0.1) is 10.7 Å². The van der Waals surface area contributed by atoms with Crippen LogP contribution >= 0.6 is 11.6 Å². The molecule has 0 bridgehead atoms. The van der Waals surface area contributed by atoms with Crippen LogP contribution in [0, 0.1) is 13.8 Å². The maximum Gasteiger partial charge on any atom is 0.268 e. The van der Waals surface area contributed by atoms with E-state index in [4.69, 9.17) is 20.8 Å². The Morgan fingerprint density at radius 2 is 1.81 bits per heavy atom. The number of fused-ring (bicyclic) bond motifs is 1. The van der Waals surface area contributed by atoms with Crippen LogP contribution in [0.2, 0.25) is 5.02 Å². The molecule has 5 nitrogen and oxygen atoms in total. The lowest BCUT2D eigenvalue weighted by Crippen LogP contribution is -2.42. The van der Waals surface area contributed by atoms with Crippen molar-refractivity contribution in [2.75, 3.05) is 5.32 Å². The summed E-state index contributed by atoms with van der Waals surface area (Å²) in [5.41, 5.74) is 3.76. The average Bonchev–Trinajstić information content (AvgIpc) is 3.14. The third-order valence-electron chi connectivity index (χ3n) is 4.94. The molecule has 0 saturated heterocycles. The van der Waals surface area contributed by atoms with Gasteiger partial charge in [-0.1, -0.05) is 35.9 Å². The average molecular weight is 435 g/mol. The number of nitrogens with one attached hydrogen (secondary N) is 1. The second-order valence-electron chi connectivity index (χ2n) is 8.02. The molecular weight excluding hydrogens is 412 g/mol. The summed E-state index contributed by atoms with van der Waals surface area (Å²) >= 11 is 6.36. The summed E-state index contributed by atoms with van der Waals surface area (Å²) in [6, 6.07) is 18.5. The number of hydrogen-bond donors (Lipinski definition) is 1. The number of carbonyl (C=O) groups excluding carboxylic acids is 1. The molecule has 0 aliphatic rings. The lowest BCUT2D eigenvalue weighted by atomic mass is 10.1. The number of ether oxygens (including phenoxy) is 1. The highest BCUT2D eigenvalue weighted by atomic mass is 35.5. The number of nitrogens with zero attached hydrogens (tertiary/aromatic N) is 1. The zero-order chi connectivity index (χ0) is 22.2. The minimum absolute atomic E-state index is 0.320. The first-order valence-electron chi connectivity index (χ1n) is 9.96. The van der Waals surface area contributed by atoms with Crippen LogP contribution in [-0.4, -0.2) is 16.5 Å². The van der Waals surface area contributed by atoms with Crippen molar-refractivity contribution < 1.29 is 13.9 Å². The summed E-state index contributed by atoms with van der Waals surface area (Å²) in [4.78, 5) is 17.5. The molecule has 0 saturated carbocycles. The first-order chi connectivity index (χ1) is 14.7. The molecule has 1 amide bonds. The smallest absolute Gasteiger partial charge is 0.268 e. The molecule has 0 radical (unpaired) electrons. The monoisotopic (exact) mass is 434 g/mol. The summed E-state index contributed by atoms with van der Waals surface area (Å²) < 4.78 is 11.9. The summed E-state index contributed by atoms with van der Waals surface area (Å²) in [6.07, 6.45) is 0. The lowest BCUT2D eigenvalue weighted by molar-refractivity contribution is -0.128. The van der Waals surface area contributed by atoms with Crippen LogP contribution < -0.4 is 10.1 Å². The number of rotatable bonds is 5. The summed E-state index contributed by atoms with van der Waals surface area (Å²) in [7, 11) is 0. The van der Waals surface area contributed by atoms with Crippen LogP contribution in [0.4, 0.5) is 5.69 Å². The molecule has 0 aliphatic heterocycles. The maximum absolute atomic E-state index is 12.9. The third-order valence-corrected chi connectivity index (χ3v) is 5.27. The van der Waals surface area contributed by atoms with Crippen molar-refractivity contribution in [3.8, 4) is 17.2 Å². The van der Waals surface area contributed by atoms with Gasteiger partial charge in [-0.15, -0.1) is 0 Å². The van der Waals surface area contributed by atoms with Gasteiger partial charge in [0.15, 0.2) is 11.2 Å². The first kappa shape index (κ1) is 20.9. The van der Waals surface area contributed by atoms with Crippen molar-refractivity contribution in [2.24, 2.45) is 0 Å². The van der Waals surface area contributed by atoms with Crippen LogP contribution in [0.25, 0.3) is 22.6 Å². The molecule has 1 N–H and O–H groups in total. The number of hydrogen-bond acceptors (Lipinski definition) is 4. The molecule has 158 valence electrons. The standard InChI is InChI=1S/C25H23ClN2O3/c1-15-12-16(2)22-21(13-15)27-23(30-22)17-10-11-19(26)20(14-17)28-24(29)25(3,4)31-18-8-6-5-7-9-18/h5-14H,1-4H3,(H,28,29). The Morgan fingerprint density at radius 1 is 1.06 bits per heavy atom. The Kier molecular flexibility index (Phi) is 5.46. The van der Waals surface area contributed by atoms with Gasteiger partial charge in [0.1, 0.15) is 11.3 Å². The molecule has 4 rings (SSSR count). The van der Waals surface area contributed by atoms with E-state index in [9.17, 15) is 4.79 Å². The van der Waals surface area contributed by atoms with E-state index in [1.165, 1.54) is 0 Å². The molecule has 0 spiro atoms. The predicted molar refractivity (Wildman–Crippen MR) is 124 cm³/mol. The van der Waals surface area contributed by atoms with Crippen molar-refractivity contribution in [2.45, 2.75) is 33.3 Å². The largest absolute Gasteiger partial charge is 0.478 e. The van der Waals surface area contributed by atoms with Gasteiger partial charge >= 0.3 is 0 Å². The SMILES string of the molecule is Cc1cc(C)c2oc(-c3ccc(Cl)c(NC(=O)C(C)(C)Oc4ccccc4)c3)nc2c1. The summed E-state index contributed by atoms with van der Waals surface area (Å²) in [6.45, 7) is 7.43. The van der Waals surface area contributed by atoms with E-state index in [1.807, 2.05) is 44.2 Å². The van der Waals surface area contributed by atoms with Gasteiger partial charge < -0.3 is 14.5 Å². The minimum Gasteiger partial charge on any atom is -0.478 e. The Morgan fingerprint density at radius 3 is 2.55 bits per heavy atom. The number of para-hydroxylation sites is 1. The summed E-state index contributed by atoms with van der Waals surface area (Å²) in [5.74, 6) is 0.759. The van der Waals surface area contributed by atoms with Gasteiger partial charge in [0, 0.05) is 5.56 Å². The summed E-state index contributed by atoms with van der Waals surface area (Å²) in [5, 5.41) is 3.28. The fraction of sp³-hybridized carbons (Fsp3) is 0.200. The maximum atomic E-state index is 12.9. The van der Waals surface area contributed by atoms with E-state index < -0.39 is 5.60 Å². The molecule has 4 aromatic rings. The van der Waals surface area contributed by atoms with Gasteiger partial charge in [-0.2, -0.15) is 0 Å². The van der Waals surface area contributed by atoms with Crippen molar-refractivity contribution in [1.29, 1.82) is 0 Å². The number of amides is 1. The second-order valence-corrected chi connectivity index (χ2v) is 8.43. The Hall–Kier alpha value is -3.31. The number of benzene rings is 3. The van der Waals surface area contributed by atoms with Crippen LogP contribution in [-0.2, 0) is 4.79 Å². The van der Waals surface area contributed by atoms with E-state index in [0.29, 0.717) is 22.4 Å². The number of carbonyl (C=O) groups is 1. The highest BCUT2D eigenvalue weighted by Gasteiger charge is 2.30. The second kappa shape index (κ2) is 8.08. The van der Waals surface area contributed by atoms with E-state index in [1.54, 1.807) is 38.1 Å². The van der Waals surface area contributed by atoms with Crippen molar-refractivity contribution in [1.82, 2.24) is 4.98 Å². The fourth-order valence-electron chi connectivity index (χ4n) is 3.36. The van der Waals surface area contributed by atoms with Gasteiger partial charge in [-0.3, -0.25) is 4.79 Å². The molecular formula is C25H23ClN2O3. The molecule has 6 heteroatoms. The van der Waals surface area contributed by atoms with Crippen LogP contribution in [0.1, 0.15) is 25.0 Å². The zero-order valence-corrected chi connectivity index (χ0v) is 18.6. The first-order valence-corrected chi connectivity index (χ1v) is 10.3. The van der Waals surface area contributed by atoms with E-state index in [0.717, 1.165) is 27.8 Å². The van der Waals surface area contributed by atoms with Crippen LogP contribution in [0.15, 0.2) is 65.1 Å². The number of oxazole rings is 1. The molecule has 1 heterocycles. The molecule has 31 heavy (non-hydrogen) atoms. The number of aryl methyl sites for hydroxylation is 2. The van der Waals surface area contributed by atoms with E-state index in [2.05, 4.69) is 16.4 Å². The van der Waals surface area contributed by atoms with Gasteiger partial charge in [0.25, 0.3) is 5.91 Å².